The Kier molecular flexibility index (Phi) is 11.9. The molecule has 61 heavy (non-hydrogen) atoms. The number of piperazine rings is 1. The molecule has 3 aliphatic rings. The fourth-order valence-electron chi connectivity index (χ4n) is 8.23. The highest BCUT2D eigenvalue weighted by Crippen LogP contribution is 2.40. The first kappa shape index (κ1) is 41.6. The highest BCUT2D eigenvalue weighted by atomic mass is 35.5. The maximum absolute atomic E-state index is 16.6. The molecule has 0 spiro atoms. The van der Waals surface area contributed by atoms with Gasteiger partial charge >= 0.3 is 6.03 Å². The minimum atomic E-state index is -1.10. The van der Waals surface area contributed by atoms with Crippen LogP contribution >= 0.6 is 11.6 Å². The summed E-state index contributed by atoms with van der Waals surface area (Å²) in [6, 6.07) is 12.7. The Labute approximate surface area is 355 Å². The number of hydrogen-bond acceptors (Lipinski definition) is 7. The molecular formula is C44H45ClF3N9O4. The van der Waals surface area contributed by atoms with Gasteiger partial charge in [-0.3, -0.25) is 34.2 Å². The monoisotopic (exact) mass is 855 g/mol. The van der Waals surface area contributed by atoms with Gasteiger partial charge in [0, 0.05) is 115 Å². The molecule has 2 saturated heterocycles. The first-order valence-electron chi connectivity index (χ1n) is 20.2. The highest BCUT2D eigenvalue weighted by Gasteiger charge is 2.29. The molecule has 0 atom stereocenters. The van der Waals surface area contributed by atoms with Crippen LogP contribution in [0.15, 0.2) is 67.0 Å². The third-order valence-corrected chi connectivity index (χ3v) is 11.9. The lowest BCUT2D eigenvalue weighted by Crippen LogP contribution is -2.49. The van der Waals surface area contributed by atoms with E-state index >= 15 is 13.2 Å². The van der Waals surface area contributed by atoms with Crippen molar-refractivity contribution in [2.45, 2.75) is 32.2 Å². The van der Waals surface area contributed by atoms with E-state index in [4.69, 9.17) is 11.6 Å². The van der Waals surface area contributed by atoms with Gasteiger partial charge in [0.2, 0.25) is 11.8 Å². The molecule has 0 bridgehead atoms. The van der Waals surface area contributed by atoms with Crippen molar-refractivity contribution in [3.8, 4) is 11.1 Å². The van der Waals surface area contributed by atoms with Gasteiger partial charge in [0.1, 0.15) is 5.69 Å². The summed E-state index contributed by atoms with van der Waals surface area (Å²) in [6.45, 7) is 3.94. The predicted octanol–water partition coefficient (Wildman–Crippen LogP) is 6.32. The number of amides is 5. The molecule has 17 heteroatoms. The standard InChI is InChI=1S/C44H45ClF3N9O4/c1-52(2)43(60)34-25-32-31(24-30(40(47)42(32)50-34)28-5-3-14-55(26-28)38(59)12-17-56-15-4-13-49-56)29-7-9-35(41(48)39(29)46)54-21-19-53(20-22-54)16-10-27-6-8-33(45)36(23-27)57-18-11-37(58)51-44(57)61/h4-9,13,15,23-25,50H,3,10-12,14,16-22,26H2,1-2H3,(H,51,58,61). The zero-order valence-corrected chi connectivity index (χ0v) is 34.6. The van der Waals surface area contributed by atoms with Gasteiger partial charge in [-0.2, -0.15) is 5.10 Å². The summed E-state index contributed by atoms with van der Waals surface area (Å²) in [7, 11) is 3.13. The van der Waals surface area contributed by atoms with Crippen molar-refractivity contribution in [1.82, 2.24) is 34.8 Å². The average molecular weight is 856 g/mol. The van der Waals surface area contributed by atoms with Crippen LogP contribution in [0, 0.1) is 17.5 Å². The lowest BCUT2D eigenvalue weighted by molar-refractivity contribution is -0.131. The maximum Gasteiger partial charge on any atom is 0.328 e. The number of nitrogens with one attached hydrogen (secondary N) is 2. The van der Waals surface area contributed by atoms with Gasteiger partial charge in [0.05, 0.1) is 21.9 Å². The molecule has 2 N–H and O–H groups in total. The molecule has 8 rings (SSSR count). The first-order chi connectivity index (χ1) is 29.4. The van der Waals surface area contributed by atoms with E-state index in [1.165, 1.54) is 34.1 Å². The molecule has 0 radical (unpaired) electrons. The summed E-state index contributed by atoms with van der Waals surface area (Å²) >= 11 is 6.43. The number of carbonyl (C=O) groups is 4. The Bertz CT molecular complexity index is 2550. The Morgan fingerprint density at radius 2 is 1.67 bits per heavy atom. The lowest BCUT2D eigenvalue weighted by atomic mass is 9.92. The number of H-pyrrole nitrogens is 1. The average Bonchev–Trinajstić information content (AvgIpc) is 3.96. The molecule has 0 unspecified atom stereocenters. The van der Waals surface area contributed by atoms with Crippen LogP contribution in [0.1, 0.15) is 40.9 Å². The summed E-state index contributed by atoms with van der Waals surface area (Å²) < 4.78 is 51.0. The lowest BCUT2D eigenvalue weighted by Gasteiger charge is -2.36. The van der Waals surface area contributed by atoms with E-state index in [-0.39, 0.29) is 76.7 Å². The van der Waals surface area contributed by atoms with Crippen molar-refractivity contribution >= 4 is 63.2 Å². The van der Waals surface area contributed by atoms with Crippen molar-refractivity contribution in [3.05, 3.63) is 106 Å². The van der Waals surface area contributed by atoms with Crippen molar-refractivity contribution in [2.24, 2.45) is 0 Å². The van der Waals surface area contributed by atoms with Crippen LogP contribution in [0.25, 0.3) is 27.6 Å². The zero-order chi connectivity index (χ0) is 42.9. The third-order valence-electron chi connectivity index (χ3n) is 11.6. The Morgan fingerprint density at radius 1 is 0.869 bits per heavy atom. The molecule has 0 saturated carbocycles. The van der Waals surface area contributed by atoms with Gasteiger partial charge in [-0.25, -0.2) is 18.0 Å². The summed E-state index contributed by atoms with van der Waals surface area (Å²) in [5.41, 5.74) is 2.43. The second-order valence-electron chi connectivity index (χ2n) is 15.7. The fraction of sp³-hybridized carbons (Fsp3) is 0.341. The van der Waals surface area contributed by atoms with E-state index in [0.717, 1.165) is 5.56 Å². The second kappa shape index (κ2) is 17.5. The molecule has 5 heterocycles. The summed E-state index contributed by atoms with van der Waals surface area (Å²) in [5.74, 6) is -3.65. The number of imide groups is 1. The highest BCUT2D eigenvalue weighted by molar-refractivity contribution is 6.34. The molecule has 5 aromatic rings. The Morgan fingerprint density at radius 3 is 2.41 bits per heavy atom. The van der Waals surface area contributed by atoms with E-state index < -0.39 is 29.4 Å². The Balaban J connectivity index is 1.00. The second-order valence-corrected chi connectivity index (χ2v) is 16.1. The molecule has 5 amide bonds. The van der Waals surface area contributed by atoms with Crippen LogP contribution in [-0.4, -0.2) is 120 Å². The number of halogens is 4. The molecule has 13 nitrogen and oxygen atoms in total. The number of aromatic nitrogens is 3. The first-order valence-corrected chi connectivity index (χ1v) is 20.6. The number of nitrogens with zero attached hydrogens (tertiary/aromatic N) is 7. The van der Waals surface area contributed by atoms with Crippen LogP contribution < -0.4 is 15.1 Å². The van der Waals surface area contributed by atoms with Crippen molar-refractivity contribution in [2.75, 3.05) is 76.3 Å². The summed E-state index contributed by atoms with van der Waals surface area (Å²) in [6.07, 6.45) is 6.78. The van der Waals surface area contributed by atoms with Crippen LogP contribution in [0.4, 0.5) is 29.3 Å². The number of hydrogen-bond donors (Lipinski definition) is 2. The van der Waals surface area contributed by atoms with Gasteiger partial charge in [-0.05, 0) is 72.0 Å². The molecule has 2 fully saturated rings. The van der Waals surface area contributed by atoms with Crippen LogP contribution in [0.2, 0.25) is 5.02 Å². The van der Waals surface area contributed by atoms with Gasteiger partial charge in [0.25, 0.3) is 5.91 Å². The van der Waals surface area contributed by atoms with E-state index in [9.17, 15) is 19.2 Å². The van der Waals surface area contributed by atoms with E-state index in [1.54, 1.807) is 53.1 Å². The van der Waals surface area contributed by atoms with E-state index in [0.29, 0.717) is 74.9 Å². The van der Waals surface area contributed by atoms with E-state index in [2.05, 4.69) is 20.3 Å². The van der Waals surface area contributed by atoms with Gasteiger partial charge < -0.3 is 19.7 Å². The van der Waals surface area contributed by atoms with Gasteiger partial charge in [-0.1, -0.05) is 23.7 Å². The predicted molar refractivity (Wildman–Crippen MR) is 227 cm³/mol. The van der Waals surface area contributed by atoms with Crippen molar-refractivity contribution in [3.63, 3.8) is 0 Å². The number of benzene rings is 3. The minimum Gasteiger partial charge on any atom is -0.367 e. The van der Waals surface area contributed by atoms with Gasteiger partial charge in [0.15, 0.2) is 17.5 Å². The number of carbonyl (C=O) groups excluding carboxylic acids is 4. The van der Waals surface area contributed by atoms with Gasteiger partial charge in [-0.15, -0.1) is 0 Å². The smallest absolute Gasteiger partial charge is 0.328 e. The number of aryl methyl sites for hydroxylation is 1. The van der Waals surface area contributed by atoms with Crippen molar-refractivity contribution in [1.29, 1.82) is 0 Å². The topological polar surface area (TPSA) is 130 Å². The quantitative estimate of drug-likeness (QED) is 0.159. The molecule has 318 valence electrons. The SMILES string of the molecule is CN(C)C(=O)c1cc2c(-c3ccc(N4CCN(CCc5ccc(Cl)c(N6CCC(=O)NC6=O)c5)CC4)c(F)c3F)cc(C3=CCCN(C(=O)CCn4cccn4)C3)c(F)c2[nH]1. The number of anilines is 2. The number of fused-ring (bicyclic) bond motifs is 1. The fourth-order valence-corrected chi connectivity index (χ4v) is 8.45. The maximum atomic E-state index is 16.6. The largest absolute Gasteiger partial charge is 0.367 e. The third kappa shape index (κ3) is 8.59. The summed E-state index contributed by atoms with van der Waals surface area (Å²) in [4.78, 5) is 61.7. The number of urea groups is 1. The number of rotatable bonds is 11. The Hall–Kier alpha value is -6.13. The van der Waals surface area contributed by atoms with Crippen LogP contribution in [0.5, 0.6) is 0 Å². The molecule has 3 aromatic carbocycles. The molecule has 2 aromatic heterocycles. The number of aromatic amines is 1. The molecule has 3 aliphatic heterocycles. The van der Waals surface area contributed by atoms with Crippen molar-refractivity contribution < 1.29 is 32.3 Å². The normalized spacial score (nSPS) is 16.3. The summed E-state index contributed by atoms with van der Waals surface area (Å²) in [5, 5.41) is 7.10. The zero-order valence-electron chi connectivity index (χ0n) is 33.8. The van der Waals surface area contributed by atoms with Crippen LogP contribution in [-0.2, 0) is 22.6 Å². The molecule has 0 aliphatic carbocycles. The van der Waals surface area contributed by atoms with Crippen LogP contribution in [0.3, 0.4) is 0 Å². The minimum absolute atomic E-state index is 0.0240. The van der Waals surface area contributed by atoms with E-state index in [1.807, 2.05) is 18.2 Å². The molecular weight excluding hydrogens is 811 g/mol.